The molecule has 2 aromatic carbocycles. The van der Waals surface area contributed by atoms with Gasteiger partial charge >= 0.3 is 6.09 Å². The maximum Gasteiger partial charge on any atom is 0.414 e. The van der Waals surface area contributed by atoms with Crippen LogP contribution in [0.4, 0.5) is 10.5 Å². The zero-order valence-electron chi connectivity index (χ0n) is 16.9. The number of rotatable bonds is 0. The Hall–Kier alpha value is -2.27. The van der Waals surface area contributed by atoms with E-state index in [1.165, 1.54) is 0 Å². The van der Waals surface area contributed by atoms with Crippen molar-refractivity contribution in [2.45, 2.75) is 46.6 Å². The van der Waals surface area contributed by atoms with Gasteiger partial charge in [-0.05, 0) is 38.6 Å². The predicted molar refractivity (Wildman–Crippen MR) is 107 cm³/mol. The van der Waals surface area contributed by atoms with E-state index in [-0.39, 0.29) is 11.8 Å². The first-order chi connectivity index (χ1) is 12.3. The topological polar surface area (TPSA) is 59.0 Å². The third kappa shape index (κ3) is 5.11. The number of anilines is 1. The van der Waals surface area contributed by atoms with Gasteiger partial charge in [-0.1, -0.05) is 38.1 Å². The smallest absolute Gasteiger partial charge is 0.414 e. The molecule has 0 bridgehead atoms. The first-order valence-corrected chi connectivity index (χ1v) is 8.92. The molecule has 0 aliphatic carbocycles. The molecule has 1 heterocycles. The second kappa shape index (κ2) is 9.43. The first-order valence-electron chi connectivity index (χ1n) is 8.92. The lowest BCUT2D eigenvalue weighted by Gasteiger charge is -2.25. The minimum Gasteiger partial charge on any atom is -0.507 e. The Kier molecular flexibility index (Phi) is 7.90. The quantitative estimate of drug-likeness (QED) is 0.706. The Balaban J connectivity index is 0.000000615. The second-order valence-electron chi connectivity index (χ2n) is 6.73. The number of nitrogens with zero attached hydrogens (tertiary/aromatic N) is 1. The number of phenolic OH excluding ortho intramolecular Hbond substituents is 1. The summed E-state index contributed by atoms with van der Waals surface area (Å²) in [7, 11) is 3.25. The maximum atomic E-state index is 12.3. The summed E-state index contributed by atoms with van der Waals surface area (Å²) in [5.41, 5.74) is 1.04. The average molecular weight is 361 g/mol. The van der Waals surface area contributed by atoms with Crippen molar-refractivity contribution < 1.29 is 19.4 Å². The SMILES string of the molecule is CC.CC(C)(C)OC(=O)N1CCc2c1cc1ccccc1c2O.COC. The summed E-state index contributed by atoms with van der Waals surface area (Å²) >= 11 is 0. The van der Waals surface area contributed by atoms with Gasteiger partial charge in [-0.3, -0.25) is 4.90 Å². The number of benzene rings is 2. The molecule has 5 heteroatoms. The fourth-order valence-corrected chi connectivity index (χ4v) is 2.69. The molecule has 0 atom stereocenters. The molecule has 26 heavy (non-hydrogen) atoms. The zero-order chi connectivity index (χ0) is 19.9. The molecule has 144 valence electrons. The summed E-state index contributed by atoms with van der Waals surface area (Å²) in [6, 6.07) is 9.58. The monoisotopic (exact) mass is 361 g/mol. The molecule has 0 spiro atoms. The zero-order valence-corrected chi connectivity index (χ0v) is 16.9. The van der Waals surface area contributed by atoms with Gasteiger partial charge in [0.15, 0.2) is 0 Å². The molecule has 2 aromatic rings. The highest BCUT2D eigenvalue weighted by molar-refractivity contribution is 5.99. The third-order valence-electron chi connectivity index (χ3n) is 3.59. The van der Waals surface area contributed by atoms with E-state index in [0.717, 1.165) is 22.0 Å². The second-order valence-corrected chi connectivity index (χ2v) is 6.73. The van der Waals surface area contributed by atoms with Crippen molar-refractivity contribution in [3.05, 3.63) is 35.9 Å². The summed E-state index contributed by atoms with van der Waals surface area (Å²) in [5, 5.41) is 12.2. The molecule has 5 nitrogen and oxygen atoms in total. The summed E-state index contributed by atoms with van der Waals surface area (Å²) in [6.45, 7) is 10.1. The number of hydrogen-bond acceptors (Lipinski definition) is 4. The highest BCUT2D eigenvalue weighted by Crippen LogP contribution is 2.40. The minimum atomic E-state index is -0.529. The standard InChI is InChI=1S/C17H19NO3.C2H6O.C2H6/c1-17(2,3)21-16(20)18-9-8-13-14(18)10-11-6-4-5-7-12(11)15(13)19;1-3-2;1-2/h4-7,10,19H,8-9H2,1-3H3;1-2H3;1-2H3. The Morgan fingerprint density at radius 1 is 1.15 bits per heavy atom. The molecular weight excluding hydrogens is 330 g/mol. The predicted octanol–water partition coefficient (Wildman–Crippen LogP) is 5.13. The molecular formula is C21H31NO4. The van der Waals surface area contributed by atoms with Gasteiger partial charge in [0.05, 0.1) is 5.69 Å². The molecule has 0 radical (unpaired) electrons. The molecule has 1 N–H and O–H groups in total. The minimum absolute atomic E-state index is 0.272. The Bertz CT molecular complexity index is 735. The Morgan fingerprint density at radius 3 is 2.31 bits per heavy atom. The van der Waals surface area contributed by atoms with Crippen LogP contribution in [0.3, 0.4) is 0 Å². The van der Waals surface area contributed by atoms with E-state index >= 15 is 0 Å². The van der Waals surface area contributed by atoms with Gasteiger partial charge in [-0.2, -0.15) is 0 Å². The van der Waals surface area contributed by atoms with Gasteiger partial charge in [0.2, 0.25) is 0 Å². The van der Waals surface area contributed by atoms with Gasteiger partial charge < -0.3 is 14.6 Å². The molecule has 0 fully saturated rings. The highest BCUT2D eigenvalue weighted by atomic mass is 16.6. The van der Waals surface area contributed by atoms with E-state index in [9.17, 15) is 9.90 Å². The number of phenols is 1. The van der Waals surface area contributed by atoms with Gasteiger partial charge in [-0.15, -0.1) is 0 Å². The molecule has 1 aliphatic heterocycles. The van der Waals surface area contributed by atoms with Crippen molar-refractivity contribution in [3.63, 3.8) is 0 Å². The molecule has 0 unspecified atom stereocenters. The number of aromatic hydroxyl groups is 1. The van der Waals surface area contributed by atoms with E-state index in [1.807, 2.05) is 65.0 Å². The van der Waals surface area contributed by atoms with Crippen LogP contribution in [0.5, 0.6) is 5.75 Å². The van der Waals surface area contributed by atoms with E-state index in [4.69, 9.17) is 4.74 Å². The number of carbonyl (C=O) groups excluding carboxylic acids is 1. The van der Waals surface area contributed by atoms with Gasteiger partial charge in [0.25, 0.3) is 0 Å². The molecule has 1 amide bonds. The van der Waals surface area contributed by atoms with Crippen molar-refractivity contribution in [3.8, 4) is 5.75 Å². The van der Waals surface area contributed by atoms with Gasteiger partial charge in [0, 0.05) is 31.7 Å². The van der Waals surface area contributed by atoms with E-state index < -0.39 is 5.60 Å². The van der Waals surface area contributed by atoms with E-state index in [0.29, 0.717) is 13.0 Å². The number of amides is 1. The van der Waals surface area contributed by atoms with Crippen LogP contribution in [0.1, 0.15) is 40.2 Å². The summed E-state index contributed by atoms with van der Waals surface area (Å²) < 4.78 is 9.69. The fraction of sp³-hybridized carbons (Fsp3) is 0.476. The van der Waals surface area contributed by atoms with Gasteiger partial charge in [-0.25, -0.2) is 4.79 Å². The van der Waals surface area contributed by atoms with Crippen LogP contribution < -0.4 is 4.90 Å². The fourth-order valence-electron chi connectivity index (χ4n) is 2.69. The number of methoxy groups -OCH3 is 1. The van der Waals surface area contributed by atoms with Crippen molar-refractivity contribution in [2.24, 2.45) is 0 Å². The van der Waals surface area contributed by atoms with Crippen molar-refractivity contribution >= 4 is 22.6 Å². The summed E-state index contributed by atoms with van der Waals surface area (Å²) in [6.07, 6.45) is 0.279. The van der Waals surface area contributed by atoms with Crippen LogP contribution >= 0.6 is 0 Å². The van der Waals surface area contributed by atoms with Crippen LogP contribution in [0.15, 0.2) is 30.3 Å². The van der Waals surface area contributed by atoms with Crippen LogP contribution in [0.25, 0.3) is 10.8 Å². The molecule has 0 saturated heterocycles. The third-order valence-corrected chi connectivity index (χ3v) is 3.59. The molecule has 0 saturated carbocycles. The van der Waals surface area contributed by atoms with Crippen molar-refractivity contribution in [1.82, 2.24) is 0 Å². The van der Waals surface area contributed by atoms with Crippen molar-refractivity contribution in [2.75, 3.05) is 25.7 Å². The van der Waals surface area contributed by atoms with Crippen molar-refractivity contribution in [1.29, 1.82) is 0 Å². The Labute approximate surface area is 156 Å². The largest absolute Gasteiger partial charge is 0.507 e. The maximum absolute atomic E-state index is 12.3. The van der Waals surface area contributed by atoms with Crippen LogP contribution in [0, 0.1) is 0 Å². The molecule has 1 aliphatic rings. The van der Waals surface area contributed by atoms with Gasteiger partial charge in [0.1, 0.15) is 11.4 Å². The lowest BCUT2D eigenvalue weighted by atomic mass is 10.0. The molecule has 0 aromatic heterocycles. The summed E-state index contributed by atoms with van der Waals surface area (Å²) in [5.74, 6) is 0.272. The lowest BCUT2D eigenvalue weighted by Crippen LogP contribution is -2.35. The average Bonchev–Trinajstić information content (AvgIpc) is 3.00. The Morgan fingerprint density at radius 2 is 1.73 bits per heavy atom. The summed E-state index contributed by atoms with van der Waals surface area (Å²) in [4.78, 5) is 13.9. The van der Waals surface area contributed by atoms with E-state index in [2.05, 4.69) is 4.74 Å². The number of carbonyl (C=O) groups is 1. The number of fused-ring (bicyclic) bond motifs is 2. The first kappa shape index (κ1) is 21.8. The number of ether oxygens (including phenoxy) is 2. The lowest BCUT2D eigenvalue weighted by molar-refractivity contribution is 0.0584. The highest BCUT2D eigenvalue weighted by Gasteiger charge is 2.31. The van der Waals surface area contributed by atoms with E-state index in [1.54, 1.807) is 19.1 Å². The van der Waals surface area contributed by atoms with Crippen LogP contribution in [0.2, 0.25) is 0 Å². The van der Waals surface area contributed by atoms with Crippen LogP contribution in [-0.2, 0) is 15.9 Å². The normalized spacial score (nSPS) is 12.5. The molecule has 3 rings (SSSR count). The number of hydrogen-bond donors (Lipinski definition) is 1. The van der Waals surface area contributed by atoms with Crippen LogP contribution in [-0.4, -0.2) is 37.6 Å².